The highest BCUT2D eigenvalue weighted by molar-refractivity contribution is 6.31. The smallest absolute Gasteiger partial charge is 0.253 e. The number of hydrazine groups is 1. The number of amides is 2. The zero-order valence-corrected chi connectivity index (χ0v) is 14.3. The molecule has 0 aromatic carbocycles. The molecule has 3 heterocycles. The number of halogens is 1. The van der Waals surface area contributed by atoms with Gasteiger partial charge >= 0.3 is 0 Å². The van der Waals surface area contributed by atoms with Gasteiger partial charge in [-0.15, -0.1) is 11.6 Å². The number of nitrogens with zero attached hydrogens (tertiary/aromatic N) is 2. The van der Waals surface area contributed by atoms with Crippen LogP contribution in [-0.2, 0) is 9.59 Å². The minimum atomic E-state index is -0.613. The molecule has 3 saturated heterocycles. The summed E-state index contributed by atoms with van der Waals surface area (Å²) in [4.78, 5) is 28.2. The summed E-state index contributed by atoms with van der Waals surface area (Å²) in [6, 6.07) is 0.333. The molecule has 0 aliphatic carbocycles. The van der Waals surface area contributed by atoms with Gasteiger partial charge in [0.15, 0.2) is 0 Å². The van der Waals surface area contributed by atoms with Crippen LogP contribution in [0.2, 0.25) is 0 Å². The van der Waals surface area contributed by atoms with Gasteiger partial charge in [0.25, 0.3) is 5.91 Å². The summed E-state index contributed by atoms with van der Waals surface area (Å²) in [7, 11) is 0. The number of hydrogen-bond acceptors (Lipinski definition) is 5. The Hall–Kier alpha value is -0.890. The number of hydrogen-bond donors (Lipinski definition) is 3. The third kappa shape index (κ3) is 3.79. The Morgan fingerprint density at radius 2 is 2.13 bits per heavy atom. The quantitative estimate of drug-likeness (QED) is 0.581. The molecule has 3 rings (SSSR count). The monoisotopic (exact) mass is 343 g/mol. The third-order valence-corrected chi connectivity index (χ3v) is 5.80. The van der Waals surface area contributed by atoms with E-state index in [-0.39, 0.29) is 17.9 Å². The Kier molecular flexibility index (Phi) is 5.41. The summed E-state index contributed by atoms with van der Waals surface area (Å²) in [5.41, 5.74) is 5.38. The number of carbonyl (C=O) groups excluding carboxylic acids is 2. The van der Waals surface area contributed by atoms with E-state index >= 15 is 0 Å². The van der Waals surface area contributed by atoms with Gasteiger partial charge in [-0.3, -0.25) is 19.9 Å². The van der Waals surface area contributed by atoms with Gasteiger partial charge in [-0.25, -0.2) is 5.43 Å². The molecule has 3 aliphatic heterocycles. The molecule has 0 aromatic rings. The number of carbonyl (C=O) groups is 2. The van der Waals surface area contributed by atoms with Crippen LogP contribution in [0.25, 0.3) is 0 Å². The van der Waals surface area contributed by atoms with Gasteiger partial charge in [0.2, 0.25) is 5.91 Å². The molecule has 0 saturated carbocycles. The zero-order valence-electron chi connectivity index (χ0n) is 13.6. The van der Waals surface area contributed by atoms with Crippen LogP contribution < -0.4 is 16.2 Å². The molecular formula is C15H26ClN5O2. The first-order valence-electron chi connectivity index (χ1n) is 8.48. The minimum absolute atomic E-state index is 0.133. The van der Waals surface area contributed by atoms with Gasteiger partial charge in [0.05, 0.1) is 6.54 Å². The lowest BCUT2D eigenvalue weighted by molar-refractivity contribution is -0.139. The molecule has 0 aromatic heterocycles. The van der Waals surface area contributed by atoms with E-state index in [9.17, 15) is 9.59 Å². The number of rotatable bonds is 3. The molecular weight excluding hydrogens is 318 g/mol. The molecule has 0 bridgehead atoms. The lowest BCUT2D eigenvalue weighted by atomic mass is 9.91. The first-order valence-corrected chi connectivity index (χ1v) is 8.92. The molecule has 0 radical (unpaired) electrons. The van der Waals surface area contributed by atoms with E-state index < -0.39 is 5.38 Å². The van der Waals surface area contributed by atoms with Gasteiger partial charge in [-0.1, -0.05) is 0 Å². The lowest BCUT2D eigenvalue weighted by Gasteiger charge is -2.43. The SMILES string of the molecule is CC1NCCCC1CN1CCN(C2CNNC(=O)C2Cl)CC1=O. The van der Waals surface area contributed by atoms with Crippen molar-refractivity contribution in [3.8, 4) is 0 Å². The largest absolute Gasteiger partial charge is 0.340 e. The number of piperazine rings is 1. The summed E-state index contributed by atoms with van der Waals surface area (Å²) in [5.74, 6) is 0.450. The molecule has 4 atom stereocenters. The van der Waals surface area contributed by atoms with E-state index in [1.54, 1.807) is 0 Å². The molecule has 3 fully saturated rings. The molecule has 0 spiro atoms. The fraction of sp³-hybridized carbons (Fsp3) is 0.867. The van der Waals surface area contributed by atoms with Crippen LogP contribution in [0.4, 0.5) is 0 Å². The Morgan fingerprint density at radius 3 is 2.87 bits per heavy atom. The maximum absolute atomic E-state index is 12.5. The molecule has 130 valence electrons. The molecule has 23 heavy (non-hydrogen) atoms. The first kappa shape index (κ1) is 17.0. The second-order valence-electron chi connectivity index (χ2n) is 6.79. The van der Waals surface area contributed by atoms with Crippen molar-refractivity contribution in [1.82, 2.24) is 26.0 Å². The van der Waals surface area contributed by atoms with Crippen molar-refractivity contribution in [2.24, 2.45) is 5.92 Å². The highest BCUT2D eigenvalue weighted by Crippen LogP contribution is 2.21. The third-order valence-electron chi connectivity index (χ3n) is 5.31. The summed E-state index contributed by atoms with van der Waals surface area (Å²) >= 11 is 6.20. The van der Waals surface area contributed by atoms with Gasteiger partial charge in [-0.2, -0.15) is 0 Å². The summed E-state index contributed by atoms with van der Waals surface area (Å²) in [6.07, 6.45) is 2.36. The molecule has 4 unspecified atom stereocenters. The number of piperidine rings is 1. The minimum Gasteiger partial charge on any atom is -0.340 e. The fourth-order valence-corrected chi connectivity index (χ4v) is 4.05. The molecule has 7 nitrogen and oxygen atoms in total. The van der Waals surface area contributed by atoms with Gasteiger partial charge < -0.3 is 10.2 Å². The Bertz CT molecular complexity index is 463. The standard InChI is InChI=1S/C15H26ClN5O2/c1-10-11(3-2-4-17-10)8-21-6-5-20(9-13(21)22)12-7-18-19-15(23)14(12)16/h10-12,14,17-18H,2-9H2,1H3,(H,19,23). The van der Waals surface area contributed by atoms with Crippen molar-refractivity contribution in [3.05, 3.63) is 0 Å². The molecule has 8 heteroatoms. The first-order chi connectivity index (χ1) is 11.1. The summed E-state index contributed by atoms with van der Waals surface area (Å²) < 4.78 is 0. The van der Waals surface area contributed by atoms with Crippen molar-refractivity contribution in [3.63, 3.8) is 0 Å². The van der Waals surface area contributed by atoms with E-state index in [0.717, 1.165) is 19.6 Å². The maximum Gasteiger partial charge on any atom is 0.253 e. The summed E-state index contributed by atoms with van der Waals surface area (Å²) in [5, 5.41) is 2.88. The molecule has 3 N–H and O–H groups in total. The Morgan fingerprint density at radius 1 is 1.30 bits per heavy atom. The fourth-order valence-electron chi connectivity index (χ4n) is 3.75. The Balaban J connectivity index is 1.55. The van der Waals surface area contributed by atoms with E-state index in [4.69, 9.17) is 11.6 Å². The Labute approximate surface area is 142 Å². The lowest BCUT2D eigenvalue weighted by Crippen LogP contribution is -2.65. The highest BCUT2D eigenvalue weighted by Gasteiger charge is 2.38. The topological polar surface area (TPSA) is 76.7 Å². The second kappa shape index (κ2) is 7.34. The second-order valence-corrected chi connectivity index (χ2v) is 7.26. The average molecular weight is 344 g/mol. The van der Waals surface area contributed by atoms with Gasteiger partial charge in [0.1, 0.15) is 5.38 Å². The van der Waals surface area contributed by atoms with Crippen molar-refractivity contribution < 1.29 is 9.59 Å². The van der Waals surface area contributed by atoms with E-state index in [1.165, 1.54) is 12.8 Å². The van der Waals surface area contributed by atoms with Crippen LogP contribution >= 0.6 is 11.6 Å². The normalized spacial score (nSPS) is 36.9. The maximum atomic E-state index is 12.5. The van der Waals surface area contributed by atoms with E-state index in [1.807, 2.05) is 9.80 Å². The molecule has 2 amide bonds. The predicted octanol–water partition coefficient (Wildman–Crippen LogP) is -0.871. The van der Waals surface area contributed by atoms with Crippen LogP contribution in [0.1, 0.15) is 19.8 Å². The van der Waals surface area contributed by atoms with Crippen molar-refractivity contribution in [2.45, 2.75) is 37.2 Å². The highest BCUT2D eigenvalue weighted by atomic mass is 35.5. The van der Waals surface area contributed by atoms with Gasteiger partial charge in [-0.05, 0) is 32.2 Å². The van der Waals surface area contributed by atoms with Gasteiger partial charge in [0, 0.05) is 38.3 Å². The van der Waals surface area contributed by atoms with E-state index in [0.29, 0.717) is 31.6 Å². The van der Waals surface area contributed by atoms with E-state index in [2.05, 4.69) is 23.1 Å². The van der Waals surface area contributed by atoms with Crippen LogP contribution in [0.5, 0.6) is 0 Å². The number of alkyl halides is 1. The predicted molar refractivity (Wildman–Crippen MR) is 87.9 cm³/mol. The van der Waals surface area contributed by atoms with Crippen molar-refractivity contribution in [2.75, 3.05) is 39.3 Å². The van der Waals surface area contributed by atoms with Crippen molar-refractivity contribution >= 4 is 23.4 Å². The van der Waals surface area contributed by atoms with Crippen LogP contribution in [0, 0.1) is 5.92 Å². The van der Waals surface area contributed by atoms with Crippen molar-refractivity contribution in [1.29, 1.82) is 0 Å². The van der Waals surface area contributed by atoms with Crippen LogP contribution in [0.15, 0.2) is 0 Å². The zero-order chi connectivity index (χ0) is 16.4. The average Bonchev–Trinajstić information content (AvgIpc) is 2.54. The van der Waals surface area contributed by atoms with Crippen LogP contribution in [0.3, 0.4) is 0 Å². The summed E-state index contributed by atoms with van der Waals surface area (Å²) in [6.45, 7) is 6.50. The number of nitrogens with one attached hydrogen (secondary N) is 3. The molecule has 3 aliphatic rings. The van der Waals surface area contributed by atoms with Crippen LogP contribution in [-0.4, -0.2) is 78.3 Å².